The smallest absolute Gasteiger partial charge is 0.332 e. The van der Waals surface area contributed by atoms with Crippen LogP contribution in [0.15, 0.2) is 23.3 Å². The minimum Gasteiger partial charge on any atom is -0.508 e. The largest absolute Gasteiger partial charge is 0.508 e. The molecule has 0 saturated heterocycles. The molecule has 1 aromatic carbocycles. The van der Waals surface area contributed by atoms with Crippen molar-refractivity contribution in [2.45, 2.75) is 0 Å². The first kappa shape index (κ1) is 9.85. The van der Waals surface area contributed by atoms with Crippen molar-refractivity contribution in [2.75, 3.05) is 0 Å². The summed E-state index contributed by atoms with van der Waals surface area (Å²) in [4.78, 5) is 10.2. The van der Waals surface area contributed by atoms with E-state index in [0.29, 0.717) is 0 Å². The number of benzene rings is 1. The Hall–Kier alpha value is -2.24. The van der Waals surface area contributed by atoms with E-state index in [1.54, 1.807) is 0 Å². The first-order chi connectivity index (χ1) is 6.59. The Morgan fingerprint density at radius 2 is 2.21 bits per heavy atom. The lowest BCUT2D eigenvalue weighted by Crippen LogP contribution is -2.24. The van der Waals surface area contributed by atoms with Crippen LogP contribution in [-0.4, -0.2) is 22.5 Å². The molecule has 0 radical (unpaired) electrons. The predicted molar refractivity (Wildman–Crippen MR) is 50.1 cm³/mol. The number of amides is 2. The van der Waals surface area contributed by atoms with Crippen LogP contribution in [0.25, 0.3) is 0 Å². The molecule has 0 heterocycles. The van der Waals surface area contributed by atoms with Crippen molar-refractivity contribution in [3.05, 3.63) is 23.8 Å². The first-order valence-corrected chi connectivity index (χ1v) is 3.70. The normalized spacial score (nSPS) is 10.3. The second-order valence-corrected chi connectivity index (χ2v) is 2.48. The Bertz CT molecular complexity index is 376. The number of carbonyl (C=O) groups excluding carboxylic acids is 1. The molecule has 6 heteroatoms. The number of nitrogens with one attached hydrogen (secondary N) is 1. The number of phenolic OH excluding ortho intramolecular Hbond substituents is 2. The molecule has 0 spiro atoms. The average molecular weight is 195 g/mol. The zero-order valence-corrected chi connectivity index (χ0v) is 7.14. The number of nitrogens with two attached hydrogens (primary N) is 1. The quantitative estimate of drug-likeness (QED) is 0.305. The number of hydrogen-bond acceptors (Lipinski definition) is 4. The number of rotatable bonds is 2. The van der Waals surface area contributed by atoms with Crippen LogP contribution in [0.4, 0.5) is 4.79 Å². The van der Waals surface area contributed by atoms with E-state index in [9.17, 15) is 9.90 Å². The van der Waals surface area contributed by atoms with Crippen molar-refractivity contribution in [3.8, 4) is 11.5 Å². The summed E-state index contributed by atoms with van der Waals surface area (Å²) in [6.07, 6.45) is 1.17. The molecule has 0 aromatic heterocycles. The van der Waals surface area contributed by atoms with Gasteiger partial charge >= 0.3 is 6.03 Å². The minimum atomic E-state index is -0.805. The highest BCUT2D eigenvalue weighted by Gasteiger charge is 1.98. The van der Waals surface area contributed by atoms with Gasteiger partial charge in [-0.3, -0.25) is 0 Å². The molecule has 14 heavy (non-hydrogen) atoms. The first-order valence-electron chi connectivity index (χ1n) is 3.70. The van der Waals surface area contributed by atoms with E-state index in [2.05, 4.69) is 5.10 Å². The fourth-order valence-corrected chi connectivity index (χ4v) is 0.811. The van der Waals surface area contributed by atoms with Crippen molar-refractivity contribution in [1.29, 1.82) is 0 Å². The van der Waals surface area contributed by atoms with E-state index in [-0.39, 0.29) is 17.1 Å². The van der Waals surface area contributed by atoms with Crippen LogP contribution in [-0.2, 0) is 0 Å². The van der Waals surface area contributed by atoms with Crippen molar-refractivity contribution < 1.29 is 15.0 Å². The van der Waals surface area contributed by atoms with Crippen molar-refractivity contribution >= 4 is 12.2 Å². The highest BCUT2D eigenvalue weighted by Crippen LogP contribution is 2.19. The van der Waals surface area contributed by atoms with Gasteiger partial charge in [0, 0.05) is 5.56 Å². The summed E-state index contributed by atoms with van der Waals surface area (Å²) in [6.45, 7) is 0. The number of hydrogen-bond donors (Lipinski definition) is 4. The standard InChI is InChI=1S/C8H9N3O3/c9-8(14)11-10-4-5-3-6(12)1-2-7(5)13/h1-4,12-13H,(H3,9,11,14). The van der Waals surface area contributed by atoms with Gasteiger partial charge in [-0.25, -0.2) is 10.2 Å². The molecule has 0 aliphatic heterocycles. The number of hydrazone groups is 1. The highest BCUT2D eigenvalue weighted by atomic mass is 16.3. The van der Waals surface area contributed by atoms with Gasteiger partial charge in [-0.05, 0) is 18.2 Å². The SMILES string of the molecule is NC(=O)NN=Cc1cc(O)ccc1O. The molecule has 6 nitrogen and oxygen atoms in total. The number of phenols is 2. The zero-order valence-electron chi connectivity index (χ0n) is 7.14. The van der Waals surface area contributed by atoms with Crippen LogP contribution in [0.2, 0.25) is 0 Å². The summed E-state index contributed by atoms with van der Waals surface area (Å²) in [5, 5.41) is 21.7. The van der Waals surface area contributed by atoms with E-state index >= 15 is 0 Å². The molecule has 1 aromatic rings. The molecule has 0 saturated carbocycles. The number of primary amides is 1. The van der Waals surface area contributed by atoms with Crippen molar-refractivity contribution in [2.24, 2.45) is 10.8 Å². The Morgan fingerprint density at radius 1 is 1.50 bits per heavy atom. The van der Waals surface area contributed by atoms with Crippen molar-refractivity contribution in [3.63, 3.8) is 0 Å². The third-order valence-electron chi connectivity index (χ3n) is 1.39. The fourth-order valence-electron chi connectivity index (χ4n) is 0.811. The zero-order chi connectivity index (χ0) is 10.6. The molecule has 0 atom stereocenters. The molecular formula is C8H9N3O3. The second-order valence-electron chi connectivity index (χ2n) is 2.48. The fraction of sp³-hybridized carbons (Fsp3) is 0. The van der Waals surface area contributed by atoms with E-state index in [0.717, 1.165) is 0 Å². The molecule has 2 amide bonds. The Balaban J connectivity index is 2.80. The van der Waals surface area contributed by atoms with E-state index in [1.807, 2.05) is 5.43 Å². The van der Waals surface area contributed by atoms with Crippen LogP contribution >= 0.6 is 0 Å². The number of urea groups is 1. The van der Waals surface area contributed by atoms with E-state index in [1.165, 1.54) is 24.4 Å². The van der Waals surface area contributed by atoms with Gasteiger partial charge in [0.15, 0.2) is 0 Å². The topological polar surface area (TPSA) is 108 Å². The maximum absolute atomic E-state index is 10.2. The summed E-state index contributed by atoms with van der Waals surface area (Å²) in [7, 11) is 0. The lowest BCUT2D eigenvalue weighted by atomic mass is 10.2. The lowest BCUT2D eigenvalue weighted by molar-refractivity contribution is 0.249. The van der Waals surface area contributed by atoms with Gasteiger partial charge in [0.2, 0.25) is 0 Å². The highest BCUT2D eigenvalue weighted by molar-refractivity contribution is 5.85. The van der Waals surface area contributed by atoms with Gasteiger partial charge in [-0.2, -0.15) is 5.10 Å². The average Bonchev–Trinajstić information content (AvgIpc) is 2.10. The van der Waals surface area contributed by atoms with Crippen LogP contribution < -0.4 is 11.2 Å². The molecule has 0 bridgehead atoms. The second kappa shape index (κ2) is 4.13. The summed E-state index contributed by atoms with van der Waals surface area (Å²) >= 11 is 0. The van der Waals surface area contributed by atoms with Gasteiger partial charge in [0.25, 0.3) is 0 Å². The van der Waals surface area contributed by atoms with Gasteiger partial charge in [0.1, 0.15) is 11.5 Å². The Morgan fingerprint density at radius 3 is 2.86 bits per heavy atom. The van der Waals surface area contributed by atoms with Crippen molar-refractivity contribution in [1.82, 2.24) is 5.43 Å². The molecule has 0 fully saturated rings. The Labute approximate surface area is 79.7 Å². The number of nitrogens with zero attached hydrogens (tertiary/aromatic N) is 1. The molecule has 0 unspecified atom stereocenters. The molecule has 0 aliphatic carbocycles. The summed E-state index contributed by atoms with van der Waals surface area (Å²) in [5.41, 5.74) is 6.98. The third-order valence-corrected chi connectivity index (χ3v) is 1.39. The van der Waals surface area contributed by atoms with Crippen LogP contribution in [0.5, 0.6) is 11.5 Å². The Kier molecular flexibility index (Phi) is 2.90. The molecular weight excluding hydrogens is 186 g/mol. The van der Waals surface area contributed by atoms with E-state index < -0.39 is 6.03 Å². The maximum atomic E-state index is 10.2. The minimum absolute atomic E-state index is 0.0108. The predicted octanol–water partition coefficient (Wildman–Crippen LogP) is 0.1000. The molecule has 74 valence electrons. The summed E-state index contributed by atoms with van der Waals surface area (Å²) in [5.74, 6) is -0.0684. The number of aromatic hydroxyl groups is 2. The summed E-state index contributed by atoms with van der Waals surface area (Å²) in [6, 6.07) is 3.12. The van der Waals surface area contributed by atoms with E-state index in [4.69, 9.17) is 10.8 Å². The van der Waals surface area contributed by atoms with Crippen LogP contribution in [0.1, 0.15) is 5.56 Å². The van der Waals surface area contributed by atoms with Gasteiger partial charge in [0.05, 0.1) is 6.21 Å². The molecule has 5 N–H and O–H groups in total. The van der Waals surface area contributed by atoms with Crippen LogP contribution in [0.3, 0.4) is 0 Å². The summed E-state index contributed by atoms with van der Waals surface area (Å²) < 4.78 is 0. The van der Waals surface area contributed by atoms with Gasteiger partial charge in [-0.15, -0.1) is 0 Å². The maximum Gasteiger partial charge on any atom is 0.332 e. The van der Waals surface area contributed by atoms with Gasteiger partial charge in [-0.1, -0.05) is 0 Å². The van der Waals surface area contributed by atoms with Crippen LogP contribution in [0, 0.1) is 0 Å². The lowest BCUT2D eigenvalue weighted by Gasteiger charge is -1.98. The van der Waals surface area contributed by atoms with Gasteiger partial charge < -0.3 is 15.9 Å². The number of carbonyl (C=O) groups is 1. The molecule has 1 rings (SSSR count). The monoisotopic (exact) mass is 195 g/mol. The third kappa shape index (κ3) is 2.67. The molecule has 0 aliphatic rings.